The zero-order valence-corrected chi connectivity index (χ0v) is 13.4. The highest BCUT2D eigenvalue weighted by Crippen LogP contribution is 2.31. The van der Waals surface area contributed by atoms with E-state index in [1.165, 1.54) is 25.0 Å². The number of nitrogens with one attached hydrogen (secondary N) is 1. The quantitative estimate of drug-likeness (QED) is 0.878. The maximum absolute atomic E-state index is 13.1. The lowest BCUT2D eigenvalue weighted by atomic mass is 10.2. The second-order valence-electron chi connectivity index (χ2n) is 4.89. The van der Waals surface area contributed by atoms with Crippen molar-refractivity contribution in [2.45, 2.75) is 25.7 Å². The normalized spacial score (nSPS) is 15.8. The van der Waals surface area contributed by atoms with Crippen LogP contribution >= 0.6 is 27.5 Å². The van der Waals surface area contributed by atoms with E-state index >= 15 is 0 Å². The molecule has 110 valence electrons. The van der Waals surface area contributed by atoms with E-state index in [0.717, 1.165) is 25.9 Å². The van der Waals surface area contributed by atoms with Gasteiger partial charge in [0.1, 0.15) is 5.82 Å². The molecule has 3 nitrogen and oxygen atoms in total. The summed E-state index contributed by atoms with van der Waals surface area (Å²) in [5.41, 5.74) is 0.552. The van der Waals surface area contributed by atoms with Crippen molar-refractivity contribution in [1.29, 1.82) is 0 Å². The number of carbonyl (C=O) groups is 1. The van der Waals surface area contributed by atoms with Crippen LogP contribution in [0.4, 0.5) is 10.1 Å². The Bertz CT molecular complexity index is 467. The summed E-state index contributed by atoms with van der Waals surface area (Å²) in [6.07, 6.45) is 4.50. The standard InChI is InChI=1S/C14H17BrClFN2O/c15-11-7-10(17)8-12(16)14(11)18-9-13(20)19-5-3-1-2-4-6-19/h7-8,18H,1-6,9H2. The summed E-state index contributed by atoms with van der Waals surface area (Å²) in [7, 11) is 0. The van der Waals surface area contributed by atoms with Gasteiger partial charge in [-0.15, -0.1) is 0 Å². The van der Waals surface area contributed by atoms with E-state index in [0.29, 0.717) is 10.2 Å². The summed E-state index contributed by atoms with van der Waals surface area (Å²) in [6, 6.07) is 2.55. The Morgan fingerprint density at radius 1 is 1.30 bits per heavy atom. The van der Waals surface area contributed by atoms with E-state index in [1.54, 1.807) is 0 Å². The van der Waals surface area contributed by atoms with Crippen LogP contribution in [0.5, 0.6) is 0 Å². The molecule has 1 N–H and O–H groups in total. The predicted molar refractivity (Wildman–Crippen MR) is 82.6 cm³/mol. The number of carbonyl (C=O) groups excluding carboxylic acids is 1. The van der Waals surface area contributed by atoms with Crippen LogP contribution in [0, 0.1) is 5.82 Å². The summed E-state index contributed by atoms with van der Waals surface area (Å²) < 4.78 is 13.6. The summed E-state index contributed by atoms with van der Waals surface area (Å²) in [5, 5.41) is 3.25. The Labute approximate surface area is 131 Å². The fraction of sp³-hybridized carbons (Fsp3) is 0.500. The van der Waals surface area contributed by atoms with Gasteiger partial charge in [0.2, 0.25) is 5.91 Å². The van der Waals surface area contributed by atoms with E-state index in [-0.39, 0.29) is 17.5 Å². The van der Waals surface area contributed by atoms with Gasteiger partial charge in [-0.2, -0.15) is 0 Å². The van der Waals surface area contributed by atoms with E-state index in [1.807, 2.05) is 4.90 Å². The molecule has 0 bridgehead atoms. The van der Waals surface area contributed by atoms with Gasteiger partial charge in [0.25, 0.3) is 0 Å². The number of rotatable bonds is 3. The second kappa shape index (κ2) is 7.27. The van der Waals surface area contributed by atoms with Gasteiger partial charge in [-0.25, -0.2) is 4.39 Å². The zero-order valence-electron chi connectivity index (χ0n) is 11.1. The van der Waals surface area contributed by atoms with Gasteiger partial charge in [0.15, 0.2) is 0 Å². The molecule has 1 aromatic rings. The van der Waals surface area contributed by atoms with Gasteiger partial charge < -0.3 is 10.2 Å². The van der Waals surface area contributed by atoms with Gasteiger partial charge >= 0.3 is 0 Å². The minimum Gasteiger partial charge on any atom is -0.374 e. The first-order valence-electron chi connectivity index (χ1n) is 6.74. The van der Waals surface area contributed by atoms with Crippen LogP contribution in [0.3, 0.4) is 0 Å². The first-order chi connectivity index (χ1) is 9.58. The SMILES string of the molecule is O=C(CNc1c(Cl)cc(F)cc1Br)N1CCCCCC1. The molecule has 1 heterocycles. The third-order valence-electron chi connectivity index (χ3n) is 3.38. The first kappa shape index (κ1) is 15.6. The Morgan fingerprint density at radius 2 is 1.95 bits per heavy atom. The minimum absolute atomic E-state index is 0.0548. The van der Waals surface area contributed by atoms with Gasteiger partial charge in [-0.1, -0.05) is 24.4 Å². The maximum atomic E-state index is 13.1. The van der Waals surface area contributed by atoms with Gasteiger partial charge in [-0.05, 0) is 40.9 Å². The molecule has 0 saturated carbocycles. The summed E-state index contributed by atoms with van der Waals surface area (Å²) in [5.74, 6) is -0.356. The minimum atomic E-state index is -0.411. The smallest absolute Gasteiger partial charge is 0.241 e. The Morgan fingerprint density at radius 3 is 2.55 bits per heavy atom. The number of halogens is 3. The lowest BCUT2D eigenvalue weighted by molar-refractivity contribution is -0.129. The molecule has 1 saturated heterocycles. The average molecular weight is 364 g/mol. The van der Waals surface area contributed by atoms with Crippen LogP contribution in [-0.4, -0.2) is 30.4 Å². The number of hydrogen-bond acceptors (Lipinski definition) is 2. The predicted octanol–water partition coefficient (Wildman–Crippen LogP) is 4.06. The van der Waals surface area contributed by atoms with Crippen molar-refractivity contribution in [2.24, 2.45) is 0 Å². The number of amides is 1. The van der Waals surface area contributed by atoms with Crippen LogP contribution in [0.15, 0.2) is 16.6 Å². The molecule has 1 fully saturated rings. The van der Waals surface area contributed by atoms with Gasteiger partial charge in [0, 0.05) is 17.6 Å². The number of nitrogens with zero attached hydrogens (tertiary/aromatic N) is 1. The van der Waals surface area contributed by atoms with Crippen molar-refractivity contribution in [3.63, 3.8) is 0 Å². The Hall–Kier alpha value is -0.810. The molecule has 1 amide bonds. The van der Waals surface area contributed by atoms with Crippen molar-refractivity contribution in [1.82, 2.24) is 4.90 Å². The summed E-state index contributed by atoms with van der Waals surface area (Å²) >= 11 is 9.22. The third kappa shape index (κ3) is 4.09. The Balaban J connectivity index is 1.96. The number of anilines is 1. The molecule has 0 spiro atoms. The van der Waals surface area contributed by atoms with Crippen LogP contribution < -0.4 is 5.32 Å². The molecular weight excluding hydrogens is 347 g/mol. The lowest BCUT2D eigenvalue weighted by Gasteiger charge is -2.21. The van der Waals surface area contributed by atoms with Crippen molar-refractivity contribution >= 4 is 39.1 Å². The van der Waals surface area contributed by atoms with Crippen LogP contribution in [0.2, 0.25) is 5.02 Å². The van der Waals surface area contributed by atoms with Crippen molar-refractivity contribution in [3.8, 4) is 0 Å². The number of hydrogen-bond donors (Lipinski definition) is 1. The molecule has 1 aliphatic rings. The fourth-order valence-electron chi connectivity index (χ4n) is 2.31. The van der Waals surface area contributed by atoms with Crippen molar-refractivity contribution < 1.29 is 9.18 Å². The average Bonchev–Trinajstić information content (AvgIpc) is 2.66. The molecule has 0 aromatic heterocycles. The van der Waals surface area contributed by atoms with Gasteiger partial charge in [0.05, 0.1) is 17.3 Å². The molecule has 1 aliphatic heterocycles. The van der Waals surface area contributed by atoms with E-state index in [9.17, 15) is 9.18 Å². The highest BCUT2D eigenvalue weighted by atomic mass is 79.9. The van der Waals surface area contributed by atoms with Crippen LogP contribution in [0.25, 0.3) is 0 Å². The monoisotopic (exact) mass is 362 g/mol. The molecule has 1 aromatic carbocycles. The molecule has 6 heteroatoms. The van der Waals surface area contributed by atoms with Gasteiger partial charge in [-0.3, -0.25) is 4.79 Å². The molecule has 2 rings (SSSR count). The lowest BCUT2D eigenvalue weighted by Crippen LogP contribution is -2.36. The largest absolute Gasteiger partial charge is 0.374 e. The number of benzene rings is 1. The first-order valence-corrected chi connectivity index (χ1v) is 7.91. The van der Waals surface area contributed by atoms with E-state index in [2.05, 4.69) is 21.2 Å². The summed E-state index contributed by atoms with van der Waals surface area (Å²) in [6.45, 7) is 1.81. The van der Waals surface area contributed by atoms with E-state index < -0.39 is 5.82 Å². The maximum Gasteiger partial charge on any atom is 0.241 e. The Kier molecular flexibility index (Phi) is 5.66. The zero-order chi connectivity index (χ0) is 14.5. The fourth-order valence-corrected chi connectivity index (χ4v) is 3.27. The molecule has 0 unspecified atom stereocenters. The van der Waals surface area contributed by atoms with Crippen molar-refractivity contribution in [2.75, 3.05) is 25.0 Å². The van der Waals surface area contributed by atoms with Crippen LogP contribution in [0.1, 0.15) is 25.7 Å². The number of likely N-dealkylation sites (tertiary alicyclic amines) is 1. The molecule has 20 heavy (non-hydrogen) atoms. The highest BCUT2D eigenvalue weighted by Gasteiger charge is 2.16. The molecule has 0 radical (unpaired) electrons. The van der Waals surface area contributed by atoms with Crippen LogP contribution in [-0.2, 0) is 4.79 Å². The van der Waals surface area contributed by atoms with E-state index in [4.69, 9.17) is 11.6 Å². The summed E-state index contributed by atoms with van der Waals surface area (Å²) in [4.78, 5) is 14.0. The topological polar surface area (TPSA) is 32.3 Å². The molecule has 0 aliphatic carbocycles. The third-order valence-corrected chi connectivity index (χ3v) is 4.31. The molecule has 0 atom stereocenters. The molecular formula is C14H17BrClFN2O. The second-order valence-corrected chi connectivity index (χ2v) is 6.15. The highest BCUT2D eigenvalue weighted by molar-refractivity contribution is 9.10. The van der Waals surface area contributed by atoms with Crippen molar-refractivity contribution in [3.05, 3.63) is 27.4 Å².